The van der Waals surface area contributed by atoms with Crippen molar-refractivity contribution >= 4 is 22.1 Å². The van der Waals surface area contributed by atoms with Gasteiger partial charge in [-0.15, -0.1) is 0 Å². The maximum absolute atomic E-state index is 6.01. The first-order valence-corrected chi connectivity index (χ1v) is 16.6. The van der Waals surface area contributed by atoms with E-state index in [4.69, 9.17) is 5.37 Å². The molecular weight excluding hydrogens is 407 g/mol. The fourth-order valence-corrected chi connectivity index (χ4v) is 7.20. The van der Waals surface area contributed by atoms with Gasteiger partial charge in [0.1, 0.15) is 0 Å². The molecule has 0 bridgehead atoms. The van der Waals surface area contributed by atoms with Crippen molar-refractivity contribution in [2.24, 2.45) is 0 Å². The number of rotatable bonds is 4. The van der Waals surface area contributed by atoms with Crippen LogP contribution in [0.3, 0.4) is 0 Å². The molecule has 17 heavy (non-hydrogen) atoms. The predicted octanol–water partition coefficient (Wildman–Crippen LogP) is 3.85. The van der Waals surface area contributed by atoms with Crippen LogP contribution in [0, 0.1) is 0 Å². The molecule has 0 aliphatic heterocycles. The average Bonchev–Trinajstić information content (AvgIpc) is 2.30. The zero-order valence-electron chi connectivity index (χ0n) is 10.1. The third-order valence-corrected chi connectivity index (χ3v) is 7.87. The van der Waals surface area contributed by atoms with Gasteiger partial charge in [0.2, 0.25) is 0 Å². The molecule has 2 rings (SSSR count). The second kappa shape index (κ2) is 5.53. The Balaban J connectivity index is 2.04. The van der Waals surface area contributed by atoms with Crippen molar-refractivity contribution in [1.82, 2.24) is 0 Å². The van der Waals surface area contributed by atoms with Gasteiger partial charge in [-0.25, -0.2) is 0 Å². The van der Waals surface area contributed by atoms with E-state index in [-0.39, 0.29) is 0 Å². The number of hydrogen-bond donors (Lipinski definition) is 0. The van der Waals surface area contributed by atoms with Gasteiger partial charge in [-0.2, -0.15) is 0 Å². The normalized spacial score (nSPS) is 10.9. The van der Waals surface area contributed by atoms with E-state index in [2.05, 4.69) is 8.97 Å². The van der Waals surface area contributed by atoms with Crippen LogP contribution < -0.4 is 5.37 Å². The predicted molar refractivity (Wildman–Crippen MR) is 71.6 cm³/mol. The van der Waals surface area contributed by atoms with Gasteiger partial charge in [-0.3, -0.25) is 0 Å². The van der Waals surface area contributed by atoms with Crippen LogP contribution in [-0.2, 0) is 0 Å². The van der Waals surface area contributed by atoms with Gasteiger partial charge in [-0.1, -0.05) is 0 Å². The minimum atomic E-state index is -3.08. The summed E-state index contributed by atoms with van der Waals surface area (Å²) in [7, 11) is 0. The second-order valence-corrected chi connectivity index (χ2v) is 16.7. The summed E-state index contributed by atoms with van der Waals surface area (Å²) in [6.45, 7) is 0. The van der Waals surface area contributed by atoms with Crippen LogP contribution in [0.2, 0.25) is 8.97 Å². The van der Waals surface area contributed by atoms with E-state index >= 15 is 0 Å². The van der Waals surface area contributed by atoms with Crippen molar-refractivity contribution in [1.29, 1.82) is 0 Å². The van der Waals surface area contributed by atoms with Crippen molar-refractivity contribution < 1.29 is 5.37 Å². The molecule has 0 atom stereocenters. The third kappa shape index (κ3) is 4.03. The first-order valence-electron chi connectivity index (χ1n) is 5.64. The Hall–Kier alpha value is -1.04. The Morgan fingerprint density at radius 3 is 1.35 bits per heavy atom. The zero-order valence-corrected chi connectivity index (χ0v) is 14.0. The van der Waals surface area contributed by atoms with Crippen LogP contribution >= 0.6 is 0 Å². The van der Waals surface area contributed by atoms with Gasteiger partial charge >= 0.3 is 109 Å². The van der Waals surface area contributed by atoms with Crippen molar-refractivity contribution in [3.63, 3.8) is 0 Å². The van der Waals surface area contributed by atoms with E-state index < -0.39 is 22.1 Å². The molecule has 2 aromatic rings. The standard InChI is InChI=1S/2C6H6O.2CH3.Pb/c2*7-6-4-2-1-3-5-6;;;/h2*1-5,7H;2*1H3;/q;;;;+2/p-2. The average molecular weight is 423 g/mol. The molecule has 0 saturated heterocycles. The Morgan fingerprint density at radius 2 is 1.00 bits per heavy atom. The SMILES string of the molecule is [CH3][Pb]([CH3])([O]c1ccccc1)[O]c1ccccc1. The molecule has 0 aliphatic rings. The van der Waals surface area contributed by atoms with Gasteiger partial charge in [0.25, 0.3) is 0 Å². The summed E-state index contributed by atoms with van der Waals surface area (Å²) >= 11 is -3.08. The fourth-order valence-electron chi connectivity index (χ4n) is 1.57. The molecule has 3 heteroatoms. The van der Waals surface area contributed by atoms with E-state index in [1.54, 1.807) is 0 Å². The molecule has 0 aliphatic carbocycles. The molecule has 0 fully saturated rings. The third-order valence-electron chi connectivity index (χ3n) is 2.21. The summed E-state index contributed by atoms with van der Waals surface area (Å²) in [5.41, 5.74) is 0. The molecule has 0 spiro atoms. The van der Waals surface area contributed by atoms with Crippen molar-refractivity contribution in [2.75, 3.05) is 0 Å². The fraction of sp³-hybridized carbons (Fsp3) is 0.143. The van der Waals surface area contributed by atoms with Crippen LogP contribution in [0.15, 0.2) is 60.7 Å². The number of para-hydroxylation sites is 2. The Kier molecular flexibility index (Phi) is 4.04. The van der Waals surface area contributed by atoms with Gasteiger partial charge in [0.05, 0.1) is 0 Å². The number of hydrogen-bond acceptors (Lipinski definition) is 2. The Bertz CT molecular complexity index is 411. The van der Waals surface area contributed by atoms with Gasteiger partial charge in [0, 0.05) is 0 Å². The molecule has 0 heterocycles. The van der Waals surface area contributed by atoms with E-state index in [0.717, 1.165) is 11.5 Å². The molecule has 0 saturated carbocycles. The van der Waals surface area contributed by atoms with Crippen LogP contribution in [-0.4, -0.2) is 22.1 Å². The van der Waals surface area contributed by atoms with Crippen LogP contribution in [0.1, 0.15) is 0 Å². The molecule has 0 radical (unpaired) electrons. The van der Waals surface area contributed by atoms with Crippen molar-refractivity contribution in [3.8, 4) is 11.5 Å². The van der Waals surface area contributed by atoms with E-state index in [9.17, 15) is 0 Å². The van der Waals surface area contributed by atoms with Crippen LogP contribution in [0.25, 0.3) is 0 Å². The summed E-state index contributed by atoms with van der Waals surface area (Å²) in [4.78, 5) is 0. The zero-order chi connectivity index (χ0) is 12.1. The minimum absolute atomic E-state index is 0.898. The molecular formula is C14H16O2Pb. The molecule has 0 unspecified atom stereocenters. The monoisotopic (exact) mass is 424 g/mol. The summed E-state index contributed by atoms with van der Waals surface area (Å²) in [5, 5.41) is 0. The molecule has 0 N–H and O–H groups in total. The summed E-state index contributed by atoms with van der Waals surface area (Å²) in [6, 6.07) is 19.7. The second-order valence-electron chi connectivity index (χ2n) is 4.23. The van der Waals surface area contributed by atoms with Gasteiger partial charge < -0.3 is 0 Å². The van der Waals surface area contributed by atoms with Crippen molar-refractivity contribution in [2.45, 2.75) is 8.97 Å². The number of benzene rings is 2. The quantitative estimate of drug-likeness (QED) is 0.696. The molecule has 2 nitrogen and oxygen atoms in total. The first kappa shape index (κ1) is 12.4. The van der Waals surface area contributed by atoms with Gasteiger partial charge in [0.15, 0.2) is 0 Å². The molecule has 88 valence electrons. The van der Waals surface area contributed by atoms with Gasteiger partial charge in [-0.05, 0) is 0 Å². The molecule has 0 amide bonds. The summed E-state index contributed by atoms with van der Waals surface area (Å²) in [6.07, 6.45) is 0. The summed E-state index contributed by atoms with van der Waals surface area (Å²) in [5.74, 6) is 1.80. The van der Waals surface area contributed by atoms with E-state index in [1.807, 2.05) is 60.7 Å². The van der Waals surface area contributed by atoms with Crippen LogP contribution in [0.4, 0.5) is 0 Å². The Morgan fingerprint density at radius 1 is 0.647 bits per heavy atom. The van der Waals surface area contributed by atoms with E-state index in [1.165, 1.54) is 0 Å². The first-order chi connectivity index (χ1) is 8.16. The topological polar surface area (TPSA) is 18.5 Å². The molecule has 0 aromatic heterocycles. The van der Waals surface area contributed by atoms with Crippen molar-refractivity contribution in [3.05, 3.63) is 60.7 Å². The van der Waals surface area contributed by atoms with E-state index in [0.29, 0.717) is 0 Å². The Labute approximate surface area is 108 Å². The van der Waals surface area contributed by atoms with Crippen LogP contribution in [0.5, 0.6) is 11.5 Å². The molecule has 2 aromatic carbocycles. The maximum atomic E-state index is 6.01. The summed E-state index contributed by atoms with van der Waals surface area (Å²) < 4.78 is 16.2.